The van der Waals surface area contributed by atoms with E-state index in [-0.39, 0.29) is 5.78 Å². The second-order valence-electron chi connectivity index (χ2n) is 5.01. The number of imidazole rings is 1. The third kappa shape index (κ3) is 2.35. The van der Waals surface area contributed by atoms with Crippen LogP contribution in [0.5, 0.6) is 5.75 Å². The number of hydrogen-bond donors (Lipinski definition) is 1. The number of carbonyl (C=O) groups excluding carboxylic acids is 1. The maximum Gasteiger partial charge on any atom is 0.188 e. The van der Waals surface area contributed by atoms with Crippen LogP contribution < -0.4 is 4.74 Å². The summed E-state index contributed by atoms with van der Waals surface area (Å²) in [5, 5.41) is 8.96. The van der Waals surface area contributed by atoms with Crippen LogP contribution in [0, 0.1) is 0 Å². The molecule has 5 nitrogen and oxygen atoms in total. The van der Waals surface area contributed by atoms with E-state index in [1.165, 1.54) is 0 Å². The number of benzene rings is 2. The third-order valence-electron chi connectivity index (χ3n) is 3.69. The molecule has 3 rings (SSSR count). The van der Waals surface area contributed by atoms with Crippen molar-refractivity contribution in [2.45, 2.75) is 0 Å². The summed E-state index contributed by atoms with van der Waals surface area (Å²) in [5.74, 6) is 1.29. The molecule has 0 aliphatic rings. The van der Waals surface area contributed by atoms with Crippen molar-refractivity contribution in [3.05, 3.63) is 48.0 Å². The number of aliphatic hydroxyl groups excluding tert-OH is 1. The van der Waals surface area contributed by atoms with Gasteiger partial charge in [-0.05, 0) is 42.5 Å². The Morgan fingerprint density at radius 2 is 1.95 bits per heavy atom. The number of ketones is 1. The maximum atomic E-state index is 11.6. The number of Topliss-reactive ketones (excluding diaryl/α,β-unsaturated/α-hetero) is 1. The largest absolute Gasteiger partial charge is 0.497 e. The summed E-state index contributed by atoms with van der Waals surface area (Å²) in [6.07, 6.45) is 0. The lowest BCUT2D eigenvalue weighted by atomic mass is 10.1. The van der Waals surface area contributed by atoms with Crippen molar-refractivity contribution in [3.63, 3.8) is 0 Å². The highest BCUT2D eigenvalue weighted by molar-refractivity contribution is 6.00. The Hall–Kier alpha value is -2.66. The second-order valence-corrected chi connectivity index (χ2v) is 5.01. The van der Waals surface area contributed by atoms with Crippen LogP contribution in [0.2, 0.25) is 0 Å². The van der Waals surface area contributed by atoms with E-state index in [9.17, 15) is 4.79 Å². The first-order valence-corrected chi connectivity index (χ1v) is 6.89. The average molecular weight is 296 g/mol. The molecule has 22 heavy (non-hydrogen) atoms. The molecule has 0 saturated heterocycles. The van der Waals surface area contributed by atoms with E-state index in [0.717, 1.165) is 28.2 Å². The van der Waals surface area contributed by atoms with Crippen LogP contribution in [0.4, 0.5) is 0 Å². The van der Waals surface area contributed by atoms with Gasteiger partial charge < -0.3 is 14.4 Å². The van der Waals surface area contributed by atoms with Crippen LogP contribution >= 0.6 is 0 Å². The quantitative estimate of drug-likeness (QED) is 0.751. The molecular weight excluding hydrogens is 280 g/mol. The first-order chi connectivity index (χ1) is 10.6. The fourth-order valence-corrected chi connectivity index (χ4v) is 2.46. The first-order valence-electron chi connectivity index (χ1n) is 6.89. The zero-order valence-electron chi connectivity index (χ0n) is 12.4. The molecule has 0 spiro atoms. The number of aryl methyl sites for hydroxylation is 1. The molecule has 0 aliphatic heterocycles. The van der Waals surface area contributed by atoms with E-state index < -0.39 is 6.61 Å². The minimum absolute atomic E-state index is 0.307. The minimum Gasteiger partial charge on any atom is -0.497 e. The number of aliphatic hydroxyl groups is 1. The van der Waals surface area contributed by atoms with E-state index in [4.69, 9.17) is 9.84 Å². The smallest absolute Gasteiger partial charge is 0.188 e. The zero-order valence-corrected chi connectivity index (χ0v) is 12.4. The zero-order chi connectivity index (χ0) is 15.7. The molecule has 0 bridgehead atoms. The van der Waals surface area contributed by atoms with Gasteiger partial charge in [-0.25, -0.2) is 4.98 Å². The SMILES string of the molecule is COc1ccc(-c2nc3cc(C(=O)CO)ccc3n2C)cc1. The van der Waals surface area contributed by atoms with Crippen LogP contribution in [-0.4, -0.2) is 34.2 Å². The van der Waals surface area contributed by atoms with Crippen molar-refractivity contribution >= 4 is 16.8 Å². The maximum absolute atomic E-state index is 11.6. The van der Waals surface area contributed by atoms with Crippen LogP contribution in [-0.2, 0) is 7.05 Å². The molecule has 1 heterocycles. The number of fused-ring (bicyclic) bond motifs is 1. The number of aromatic nitrogens is 2. The molecule has 1 aromatic heterocycles. The molecular formula is C17H16N2O3. The average Bonchev–Trinajstić information content (AvgIpc) is 2.90. The highest BCUT2D eigenvalue weighted by atomic mass is 16.5. The topological polar surface area (TPSA) is 64.3 Å². The molecule has 0 aliphatic carbocycles. The van der Waals surface area contributed by atoms with Gasteiger partial charge in [-0.3, -0.25) is 4.79 Å². The highest BCUT2D eigenvalue weighted by Crippen LogP contribution is 2.26. The lowest BCUT2D eigenvalue weighted by Crippen LogP contribution is -2.03. The molecule has 0 amide bonds. The molecule has 0 radical (unpaired) electrons. The van der Waals surface area contributed by atoms with Gasteiger partial charge in [-0.1, -0.05) is 0 Å². The number of hydrogen-bond acceptors (Lipinski definition) is 4. The van der Waals surface area contributed by atoms with E-state index in [0.29, 0.717) is 5.56 Å². The molecule has 112 valence electrons. The first kappa shape index (κ1) is 14.3. The molecule has 0 unspecified atom stereocenters. The monoisotopic (exact) mass is 296 g/mol. The lowest BCUT2D eigenvalue weighted by Gasteiger charge is -2.04. The number of methoxy groups -OCH3 is 1. The highest BCUT2D eigenvalue weighted by Gasteiger charge is 2.12. The Balaban J connectivity index is 2.10. The summed E-state index contributed by atoms with van der Waals surface area (Å²) in [6.45, 7) is -0.496. The Morgan fingerprint density at radius 1 is 1.23 bits per heavy atom. The normalized spacial score (nSPS) is 10.9. The minimum atomic E-state index is -0.496. The predicted octanol–water partition coefficient (Wildman–Crippen LogP) is 2.42. The van der Waals surface area contributed by atoms with Gasteiger partial charge in [-0.2, -0.15) is 0 Å². The molecule has 2 aromatic carbocycles. The van der Waals surface area contributed by atoms with Crippen LogP contribution in [0.1, 0.15) is 10.4 Å². The van der Waals surface area contributed by atoms with Crippen molar-refractivity contribution in [1.82, 2.24) is 9.55 Å². The van der Waals surface area contributed by atoms with Gasteiger partial charge in [0.15, 0.2) is 5.78 Å². The Bertz CT molecular complexity index is 835. The molecule has 1 N–H and O–H groups in total. The fraction of sp³-hybridized carbons (Fsp3) is 0.176. The van der Waals surface area contributed by atoms with Crippen LogP contribution in [0.3, 0.4) is 0 Å². The van der Waals surface area contributed by atoms with Gasteiger partial charge in [0.25, 0.3) is 0 Å². The van der Waals surface area contributed by atoms with Gasteiger partial charge >= 0.3 is 0 Å². The van der Waals surface area contributed by atoms with E-state index in [1.807, 2.05) is 41.9 Å². The molecule has 0 atom stereocenters. The van der Waals surface area contributed by atoms with Crippen LogP contribution in [0.15, 0.2) is 42.5 Å². The Kier molecular flexibility index (Phi) is 3.65. The number of ether oxygens (including phenoxy) is 1. The second kappa shape index (κ2) is 5.61. The fourth-order valence-electron chi connectivity index (χ4n) is 2.46. The molecule has 0 fully saturated rings. The molecule has 3 aromatic rings. The van der Waals surface area contributed by atoms with Gasteiger partial charge in [-0.15, -0.1) is 0 Å². The molecule has 0 saturated carbocycles. The summed E-state index contributed by atoms with van der Waals surface area (Å²) in [5.41, 5.74) is 3.09. The van der Waals surface area contributed by atoms with E-state index >= 15 is 0 Å². The van der Waals surface area contributed by atoms with Gasteiger partial charge in [0.2, 0.25) is 0 Å². The third-order valence-corrected chi connectivity index (χ3v) is 3.69. The Labute approximate surface area is 127 Å². The van der Waals surface area contributed by atoms with Crippen molar-refractivity contribution in [3.8, 4) is 17.1 Å². The number of rotatable bonds is 4. The summed E-state index contributed by atoms with van der Waals surface area (Å²) in [7, 11) is 3.56. The van der Waals surface area contributed by atoms with Gasteiger partial charge in [0.05, 0.1) is 18.1 Å². The Morgan fingerprint density at radius 3 is 2.59 bits per heavy atom. The summed E-state index contributed by atoms with van der Waals surface area (Å²) < 4.78 is 7.14. The van der Waals surface area contributed by atoms with E-state index in [2.05, 4.69) is 4.98 Å². The van der Waals surface area contributed by atoms with Gasteiger partial charge in [0, 0.05) is 18.2 Å². The summed E-state index contributed by atoms with van der Waals surface area (Å²) in [4.78, 5) is 16.2. The van der Waals surface area contributed by atoms with Crippen molar-refractivity contribution in [2.75, 3.05) is 13.7 Å². The van der Waals surface area contributed by atoms with E-state index in [1.54, 1.807) is 19.2 Å². The number of carbonyl (C=O) groups is 1. The van der Waals surface area contributed by atoms with Gasteiger partial charge in [0.1, 0.15) is 18.2 Å². The molecule has 5 heteroatoms. The van der Waals surface area contributed by atoms with Crippen molar-refractivity contribution in [2.24, 2.45) is 7.05 Å². The standard InChI is InChI=1S/C17H16N2O3/c1-19-15-8-5-12(16(21)10-20)9-14(15)18-17(19)11-3-6-13(22-2)7-4-11/h3-9,20H,10H2,1-2H3. The predicted molar refractivity (Wildman–Crippen MR) is 84.1 cm³/mol. The summed E-state index contributed by atoms with van der Waals surface area (Å²) >= 11 is 0. The lowest BCUT2D eigenvalue weighted by molar-refractivity contribution is 0.0904. The number of nitrogens with zero attached hydrogens (tertiary/aromatic N) is 2. The van der Waals surface area contributed by atoms with Crippen LogP contribution in [0.25, 0.3) is 22.4 Å². The van der Waals surface area contributed by atoms with Crippen molar-refractivity contribution < 1.29 is 14.6 Å². The summed E-state index contributed by atoms with van der Waals surface area (Å²) in [6, 6.07) is 12.9. The van der Waals surface area contributed by atoms with Crippen molar-refractivity contribution in [1.29, 1.82) is 0 Å².